The number of nitrogens with zero attached hydrogens (tertiary/aromatic N) is 1. The SMILES string of the molecule is CC1C2N=C(C(C)(N)c3cccc(Br)c3)C=C(C(F)(F)F)C12. The Morgan fingerprint density at radius 1 is 1.27 bits per heavy atom. The summed E-state index contributed by atoms with van der Waals surface area (Å²) in [5.74, 6) is -0.592. The maximum absolute atomic E-state index is 13.2. The molecule has 1 aromatic rings. The van der Waals surface area contributed by atoms with Crippen molar-refractivity contribution in [2.45, 2.75) is 31.6 Å². The van der Waals surface area contributed by atoms with E-state index in [-0.39, 0.29) is 12.0 Å². The molecule has 0 bridgehead atoms. The first-order valence-electron chi connectivity index (χ1n) is 7.04. The molecule has 2 aliphatic rings. The van der Waals surface area contributed by atoms with Crippen LogP contribution in [0.25, 0.3) is 0 Å². The smallest absolute Gasteiger partial charge is 0.317 e. The number of hydrogen-bond acceptors (Lipinski definition) is 2. The fraction of sp³-hybridized carbons (Fsp3) is 0.438. The Morgan fingerprint density at radius 2 is 1.95 bits per heavy atom. The van der Waals surface area contributed by atoms with Crippen molar-refractivity contribution in [3.05, 3.63) is 46.0 Å². The van der Waals surface area contributed by atoms with Crippen LogP contribution in [0.3, 0.4) is 0 Å². The molecule has 6 heteroatoms. The van der Waals surface area contributed by atoms with Crippen LogP contribution in [0, 0.1) is 11.8 Å². The monoisotopic (exact) mass is 372 g/mol. The van der Waals surface area contributed by atoms with Gasteiger partial charge in [-0.25, -0.2) is 0 Å². The van der Waals surface area contributed by atoms with E-state index in [0.717, 1.165) is 16.1 Å². The molecule has 0 aromatic heterocycles. The Kier molecular flexibility index (Phi) is 3.53. The lowest BCUT2D eigenvalue weighted by Crippen LogP contribution is -2.42. The van der Waals surface area contributed by atoms with Gasteiger partial charge in [0, 0.05) is 16.0 Å². The van der Waals surface area contributed by atoms with Crippen LogP contribution in [-0.4, -0.2) is 17.9 Å². The predicted octanol–water partition coefficient (Wildman–Crippen LogP) is 4.20. The number of hydrogen-bond donors (Lipinski definition) is 1. The highest BCUT2D eigenvalue weighted by atomic mass is 79.9. The zero-order valence-corrected chi connectivity index (χ0v) is 13.7. The standard InChI is InChI=1S/C16H16BrF3N2/c1-8-13-11(16(18,19)20)7-12(22-14(8)13)15(2,21)9-4-3-5-10(17)6-9/h3-8,13-14H,21H2,1-2H3. The number of aliphatic imine (C=N–C) groups is 1. The molecular formula is C16H16BrF3N2. The first-order valence-corrected chi connectivity index (χ1v) is 7.83. The molecule has 0 amide bonds. The summed E-state index contributed by atoms with van der Waals surface area (Å²) in [5, 5.41) is 0. The van der Waals surface area contributed by atoms with Gasteiger partial charge in [0.25, 0.3) is 0 Å². The second kappa shape index (κ2) is 4.93. The molecule has 2 N–H and O–H groups in total. The molecule has 0 radical (unpaired) electrons. The van der Waals surface area contributed by atoms with E-state index < -0.39 is 23.2 Å². The Labute approximate surface area is 135 Å². The van der Waals surface area contributed by atoms with Crippen LogP contribution in [0.1, 0.15) is 19.4 Å². The molecule has 22 heavy (non-hydrogen) atoms. The molecule has 0 spiro atoms. The number of nitrogens with two attached hydrogens (primary N) is 1. The number of halogens is 4. The predicted molar refractivity (Wildman–Crippen MR) is 83.7 cm³/mol. The fourth-order valence-electron chi connectivity index (χ4n) is 3.06. The minimum atomic E-state index is -4.33. The number of rotatable bonds is 2. The van der Waals surface area contributed by atoms with Gasteiger partial charge in [0.2, 0.25) is 0 Å². The van der Waals surface area contributed by atoms with Crippen LogP contribution < -0.4 is 5.73 Å². The zero-order chi connectivity index (χ0) is 16.3. The lowest BCUT2D eigenvalue weighted by atomic mass is 9.85. The van der Waals surface area contributed by atoms with E-state index in [9.17, 15) is 13.2 Å². The van der Waals surface area contributed by atoms with E-state index >= 15 is 0 Å². The van der Waals surface area contributed by atoms with Gasteiger partial charge in [0.05, 0.1) is 17.3 Å². The first kappa shape index (κ1) is 15.7. The Balaban J connectivity index is 2.04. The Hall–Kier alpha value is -1.14. The van der Waals surface area contributed by atoms with Crippen LogP contribution in [0.4, 0.5) is 13.2 Å². The van der Waals surface area contributed by atoms with Crippen molar-refractivity contribution in [2.75, 3.05) is 0 Å². The molecular weight excluding hydrogens is 357 g/mol. The summed E-state index contributed by atoms with van der Waals surface area (Å²) in [5.41, 5.74) is 5.81. The summed E-state index contributed by atoms with van der Waals surface area (Å²) in [6.07, 6.45) is -3.19. The van der Waals surface area contributed by atoms with Crippen molar-refractivity contribution in [1.29, 1.82) is 0 Å². The van der Waals surface area contributed by atoms with E-state index in [2.05, 4.69) is 20.9 Å². The maximum Gasteiger partial charge on any atom is 0.413 e. The topological polar surface area (TPSA) is 38.4 Å². The average Bonchev–Trinajstić information content (AvgIpc) is 3.08. The van der Waals surface area contributed by atoms with Crippen LogP contribution in [0.5, 0.6) is 0 Å². The third kappa shape index (κ3) is 2.52. The van der Waals surface area contributed by atoms with Crippen LogP contribution >= 0.6 is 15.9 Å². The quantitative estimate of drug-likeness (QED) is 0.829. The van der Waals surface area contributed by atoms with E-state index in [4.69, 9.17) is 5.73 Å². The van der Waals surface area contributed by atoms with E-state index in [1.54, 1.807) is 19.9 Å². The molecule has 1 aliphatic heterocycles. The van der Waals surface area contributed by atoms with Gasteiger partial charge in [-0.1, -0.05) is 35.0 Å². The Bertz CT molecular complexity index is 676. The summed E-state index contributed by atoms with van der Waals surface area (Å²) in [6.45, 7) is 3.50. The highest BCUT2D eigenvalue weighted by Crippen LogP contribution is 2.54. The second-order valence-electron chi connectivity index (χ2n) is 6.20. The van der Waals surface area contributed by atoms with E-state index in [1.807, 2.05) is 18.2 Å². The van der Waals surface area contributed by atoms with Crippen molar-refractivity contribution in [3.63, 3.8) is 0 Å². The first-order chi connectivity index (χ1) is 10.1. The van der Waals surface area contributed by atoms with Gasteiger partial charge in [-0.2, -0.15) is 13.2 Å². The molecule has 1 fully saturated rings. The summed E-state index contributed by atoms with van der Waals surface area (Å²) >= 11 is 3.36. The van der Waals surface area contributed by atoms with Crippen molar-refractivity contribution < 1.29 is 13.2 Å². The molecule has 0 saturated heterocycles. The molecule has 1 aromatic carbocycles. The molecule has 2 nitrogen and oxygen atoms in total. The zero-order valence-electron chi connectivity index (χ0n) is 12.2. The maximum atomic E-state index is 13.2. The van der Waals surface area contributed by atoms with Gasteiger partial charge in [0.15, 0.2) is 0 Å². The van der Waals surface area contributed by atoms with Gasteiger partial charge in [-0.15, -0.1) is 0 Å². The largest absolute Gasteiger partial charge is 0.413 e. The number of dihydropyridines is 1. The fourth-order valence-corrected chi connectivity index (χ4v) is 3.46. The molecule has 3 rings (SSSR count). The lowest BCUT2D eigenvalue weighted by Gasteiger charge is -2.28. The Morgan fingerprint density at radius 3 is 2.55 bits per heavy atom. The molecule has 118 valence electrons. The third-order valence-corrected chi connectivity index (χ3v) is 5.05. The van der Waals surface area contributed by atoms with Crippen molar-refractivity contribution in [1.82, 2.24) is 0 Å². The average molecular weight is 373 g/mol. The summed E-state index contributed by atoms with van der Waals surface area (Å²) < 4.78 is 40.6. The summed E-state index contributed by atoms with van der Waals surface area (Å²) in [4.78, 5) is 4.48. The van der Waals surface area contributed by atoms with Gasteiger partial charge < -0.3 is 5.73 Å². The molecule has 1 saturated carbocycles. The second-order valence-corrected chi connectivity index (χ2v) is 7.12. The highest BCUT2D eigenvalue weighted by Gasteiger charge is 2.58. The van der Waals surface area contributed by atoms with E-state index in [0.29, 0.717) is 5.71 Å². The van der Waals surface area contributed by atoms with Gasteiger partial charge >= 0.3 is 6.18 Å². The van der Waals surface area contributed by atoms with Crippen molar-refractivity contribution >= 4 is 21.6 Å². The molecule has 4 unspecified atom stereocenters. The number of fused-ring (bicyclic) bond motifs is 1. The van der Waals surface area contributed by atoms with Crippen molar-refractivity contribution in [3.8, 4) is 0 Å². The number of benzene rings is 1. The van der Waals surface area contributed by atoms with E-state index in [1.165, 1.54) is 0 Å². The normalized spacial score (nSPS) is 30.0. The summed E-state index contributed by atoms with van der Waals surface area (Å²) in [6, 6.07) is 6.97. The lowest BCUT2D eigenvalue weighted by molar-refractivity contribution is -0.0960. The summed E-state index contributed by atoms with van der Waals surface area (Å²) in [7, 11) is 0. The molecule has 4 atom stereocenters. The molecule has 1 heterocycles. The van der Waals surface area contributed by atoms with Gasteiger partial charge in [0.1, 0.15) is 0 Å². The minimum Gasteiger partial charge on any atom is -0.317 e. The van der Waals surface area contributed by atoms with Gasteiger partial charge in [-0.3, -0.25) is 4.99 Å². The van der Waals surface area contributed by atoms with Crippen LogP contribution in [-0.2, 0) is 5.54 Å². The molecule has 1 aliphatic carbocycles. The van der Waals surface area contributed by atoms with Crippen LogP contribution in [0.15, 0.2) is 45.4 Å². The van der Waals surface area contributed by atoms with Crippen molar-refractivity contribution in [2.24, 2.45) is 22.6 Å². The number of alkyl halides is 3. The third-order valence-electron chi connectivity index (χ3n) is 4.56. The van der Waals surface area contributed by atoms with Gasteiger partial charge in [-0.05, 0) is 36.6 Å². The highest BCUT2D eigenvalue weighted by molar-refractivity contribution is 9.10. The van der Waals surface area contributed by atoms with Crippen LogP contribution in [0.2, 0.25) is 0 Å². The minimum absolute atomic E-state index is 0.0799.